The molecule has 0 heterocycles. The van der Waals surface area contributed by atoms with Crippen LogP contribution < -0.4 is 31.7 Å². The van der Waals surface area contributed by atoms with Gasteiger partial charge in [0, 0.05) is 32.2 Å². The van der Waals surface area contributed by atoms with Gasteiger partial charge in [0.05, 0.1) is 18.2 Å². The number of carboxylic acids is 4. The van der Waals surface area contributed by atoms with Crippen molar-refractivity contribution in [1.29, 1.82) is 0 Å². The number of aliphatic carboxylic acids is 3. The van der Waals surface area contributed by atoms with Crippen molar-refractivity contribution in [2.45, 2.75) is 146 Å². The maximum atomic E-state index is 12.5. The van der Waals surface area contributed by atoms with Crippen LogP contribution in [0.3, 0.4) is 0 Å². The van der Waals surface area contributed by atoms with Gasteiger partial charge < -0.3 is 57.0 Å². The Morgan fingerprint density at radius 3 is 1.41 bits per heavy atom. The van der Waals surface area contributed by atoms with Crippen LogP contribution in [0.5, 0.6) is 5.75 Å². The highest BCUT2D eigenvalue weighted by Crippen LogP contribution is 2.15. The van der Waals surface area contributed by atoms with E-state index >= 15 is 0 Å². The van der Waals surface area contributed by atoms with Crippen LogP contribution in [0.15, 0.2) is 24.3 Å². The standard InChI is InChI=1S/C40H61N5O14/c41-28(26-46)12-9-10-24-42-33(47)21-18-30(38(53)54)44-35(49)23-20-32(40(57)58)45-36(50)22-19-31(39(55)56)43-34(48)13-8-6-4-2-1-3-5-7-11-25-59-29-16-14-27(15-17-29)37(51)52/h14-17,26,28,30-32H,1-13,18-25,41H2,(H,42,47)(H,43,48)(H,44,49)(H,45,50)(H,51,52)(H,53,54)(H,55,56)(H,57,58)/t28-,30-,31-,32?/m0/s1. The zero-order valence-corrected chi connectivity index (χ0v) is 33.5. The minimum atomic E-state index is -1.54. The Morgan fingerprint density at radius 1 is 0.542 bits per heavy atom. The molecule has 0 fully saturated rings. The van der Waals surface area contributed by atoms with Crippen LogP contribution in [0.1, 0.15) is 132 Å². The Morgan fingerprint density at radius 2 is 0.966 bits per heavy atom. The fraction of sp³-hybridized carbons (Fsp3) is 0.625. The molecule has 0 saturated heterocycles. The summed E-state index contributed by atoms with van der Waals surface area (Å²) in [6.45, 7) is 0.846. The van der Waals surface area contributed by atoms with Gasteiger partial charge in [0.2, 0.25) is 23.6 Å². The second-order valence-electron chi connectivity index (χ2n) is 14.2. The molecule has 1 unspecified atom stereocenters. The molecular weight excluding hydrogens is 774 g/mol. The molecule has 0 aliphatic carbocycles. The van der Waals surface area contributed by atoms with Crippen molar-refractivity contribution in [1.82, 2.24) is 21.3 Å². The first kappa shape index (κ1) is 51.4. The topological polar surface area (TPSA) is 318 Å². The maximum Gasteiger partial charge on any atom is 0.335 e. The van der Waals surface area contributed by atoms with Crippen molar-refractivity contribution < 1.29 is 68.3 Å². The van der Waals surface area contributed by atoms with Gasteiger partial charge >= 0.3 is 23.9 Å². The van der Waals surface area contributed by atoms with Crippen LogP contribution in [0.25, 0.3) is 0 Å². The summed E-state index contributed by atoms with van der Waals surface area (Å²) < 4.78 is 5.63. The fourth-order valence-electron chi connectivity index (χ4n) is 5.80. The van der Waals surface area contributed by atoms with E-state index in [0.29, 0.717) is 50.9 Å². The van der Waals surface area contributed by atoms with Gasteiger partial charge in [-0.3, -0.25) is 19.2 Å². The summed E-state index contributed by atoms with van der Waals surface area (Å²) in [5.74, 6) is -7.16. The van der Waals surface area contributed by atoms with Crippen molar-refractivity contribution in [2.75, 3.05) is 13.2 Å². The van der Waals surface area contributed by atoms with Gasteiger partial charge in [-0.2, -0.15) is 0 Å². The number of carbonyl (C=O) groups is 9. The van der Waals surface area contributed by atoms with E-state index in [9.17, 15) is 58.5 Å². The number of aldehydes is 1. The molecule has 1 aromatic rings. The van der Waals surface area contributed by atoms with Crippen LogP contribution in [0.4, 0.5) is 0 Å². The summed E-state index contributed by atoms with van der Waals surface area (Å²) in [4.78, 5) is 106. The van der Waals surface area contributed by atoms with E-state index < -0.39 is 90.9 Å². The highest BCUT2D eigenvalue weighted by Gasteiger charge is 2.26. The number of benzene rings is 1. The first-order valence-electron chi connectivity index (χ1n) is 20.1. The molecule has 0 aliphatic heterocycles. The van der Waals surface area contributed by atoms with Gasteiger partial charge in [0.15, 0.2) is 0 Å². The molecule has 10 N–H and O–H groups in total. The monoisotopic (exact) mass is 835 g/mol. The van der Waals surface area contributed by atoms with E-state index in [1.165, 1.54) is 12.1 Å². The molecule has 0 aromatic heterocycles. The predicted molar refractivity (Wildman–Crippen MR) is 212 cm³/mol. The molecule has 0 aliphatic rings. The molecule has 59 heavy (non-hydrogen) atoms. The number of unbranched alkanes of at least 4 members (excludes halogenated alkanes) is 9. The lowest BCUT2D eigenvalue weighted by molar-refractivity contribution is -0.144. The number of nitrogens with two attached hydrogens (primary N) is 1. The molecule has 0 radical (unpaired) electrons. The van der Waals surface area contributed by atoms with Gasteiger partial charge in [0.25, 0.3) is 0 Å². The zero-order valence-electron chi connectivity index (χ0n) is 33.5. The first-order valence-corrected chi connectivity index (χ1v) is 20.1. The van der Waals surface area contributed by atoms with Crippen LogP contribution in [0.2, 0.25) is 0 Å². The number of carbonyl (C=O) groups excluding carboxylic acids is 5. The number of aromatic carboxylic acids is 1. The SMILES string of the molecule is N[C@H](C=O)CCCCNC(=O)CC[C@H](NC(=O)CCC(NC(=O)CC[C@H](NC(=O)CCCCCCCCCCCOc1ccc(C(=O)O)cc1)C(=O)O)C(=O)O)C(=O)O. The second kappa shape index (κ2) is 30.5. The third kappa shape index (κ3) is 25.4. The molecule has 0 spiro atoms. The Hall–Kier alpha value is -5.59. The number of nitrogens with one attached hydrogen (secondary N) is 4. The lowest BCUT2D eigenvalue weighted by Crippen LogP contribution is -2.45. The summed E-state index contributed by atoms with van der Waals surface area (Å²) in [6.07, 6.45) is 8.60. The predicted octanol–water partition coefficient (Wildman–Crippen LogP) is 2.53. The lowest BCUT2D eigenvalue weighted by Gasteiger charge is -2.18. The summed E-state index contributed by atoms with van der Waals surface area (Å²) in [5.41, 5.74) is 5.71. The Kier molecular flexibility index (Phi) is 26.6. The van der Waals surface area contributed by atoms with Gasteiger partial charge in [-0.1, -0.05) is 44.9 Å². The average molecular weight is 836 g/mol. The number of hydrogen-bond donors (Lipinski definition) is 9. The summed E-state index contributed by atoms with van der Waals surface area (Å²) in [7, 11) is 0. The van der Waals surface area contributed by atoms with Crippen LogP contribution in [-0.4, -0.2) is 112 Å². The molecule has 1 aromatic carbocycles. The number of hydrogen-bond acceptors (Lipinski definition) is 11. The second-order valence-corrected chi connectivity index (χ2v) is 14.2. The zero-order chi connectivity index (χ0) is 44.0. The van der Waals surface area contributed by atoms with Crippen LogP contribution in [0, 0.1) is 0 Å². The van der Waals surface area contributed by atoms with Gasteiger partial charge in [-0.05, 0) is 75.6 Å². The van der Waals surface area contributed by atoms with Crippen molar-refractivity contribution in [3.8, 4) is 5.75 Å². The van der Waals surface area contributed by atoms with Crippen molar-refractivity contribution >= 4 is 53.8 Å². The van der Waals surface area contributed by atoms with E-state index in [1.54, 1.807) is 12.1 Å². The maximum absolute atomic E-state index is 12.5. The quantitative estimate of drug-likeness (QED) is 0.0350. The fourth-order valence-corrected chi connectivity index (χ4v) is 5.80. The minimum absolute atomic E-state index is 0.105. The van der Waals surface area contributed by atoms with Gasteiger partial charge in [-0.15, -0.1) is 0 Å². The number of amides is 4. The summed E-state index contributed by atoms with van der Waals surface area (Å²) >= 11 is 0. The highest BCUT2D eigenvalue weighted by atomic mass is 16.5. The highest BCUT2D eigenvalue weighted by molar-refractivity contribution is 5.88. The third-order valence-corrected chi connectivity index (χ3v) is 9.26. The molecule has 0 saturated carbocycles. The average Bonchev–Trinajstić information content (AvgIpc) is 3.19. The molecule has 330 valence electrons. The minimum Gasteiger partial charge on any atom is -0.494 e. The third-order valence-electron chi connectivity index (χ3n) is 9.26. The Bertz CT molecular complexity index is 1510. The van der Waals surface area contributed by atoms with E-state index in [2.05, 4.69) is 21.3 Å². The van der Waals surface area contributed by atoms with E-state index in [0.717, 1.165) is 51.4 Å². The van der Waals surface area contributed by atoms with Crippen molar-refractivity contribution in [3.05, 3.63) is 29.8 Å². The largest absolute Gasteiger partial charge is 0.494 e. The first-order chi connectivity index (χ1) is 28.1. The van der Waals surface area contributed by atoms with Crippen molar-refractivity contribution in [2.24, 2.45) is 5.73 Å². The summed E-state index contributed by atoms with van der Waals surface area (Å²) in [6, 6.07) is 1.35. The molecule has 19 heteroatoms. The normalized spacial score (nSPS) is 12.8. The molecule has 4 atom stereocenters. The molecule has 1 rings (SSSR count). The summed E-state index contributed by atoms with van der Waals surface area (Å²) in [5, 5.41) is 47.0. The van der Waals surface area contributed by atoms with Crippen molar-refractivity contribution in [3.63, 3.8) is 0 Å². The van der Waals surface area contributed by atoms with Crippen LogP contribution in [-0.2, 0) is 38.4 Å². The van der Waals surface area contributed by atoms with Gasteiger partial charge in [-0.25, -0.2) is 19.2 Å². The molecule has 0 bridgehead atoms. The van der Waals surface area contributed by atoms with Crippen LogP contribution >= 0.6 is 0 Å². The van der Waals surface area contributed by atoms with Gasteiger partial charge in [0.1, 0.15) is 30.2 Å². The Labute approximate surface area is 343 Å². The number of rotatable bonds is 35. The Balaban J connectivity index is 2.27. The number of carboxylic acid groups (broad SMARTS) is 4. The lowest BCUT2D eigenvalue weighted by atomic mass is 10.1. The van der Waals surface area contributed by atoms with E-state index in [1.807, 2.05) is 0 Å². The smallest absolute Gasteiger partial charge is 0.335 e. The molecule has 19 nitrogen and oxygen atoms in total. The number of ether oxygens (including phenoxy) is 1. The molecule has 4 amide bonds. The molecular formula is C40H61N5O14. The van der Waals surface area contributed by atoms with E-state index in [-0.39, 0.29) is 31.2 Å². The van der Waals surface area contributed by atoms with E-state index in [4.69, 9.17) is 15.6 Å².